The van der Waals surface area contributed by atoms with Crippen molar-refractivity contribution in [2.24, 2.45) is 4.99 Å². The molecule has 164 valence electrons. The molecule has 5 nitrogen and oxygen atoms in total. The maximum atomic E-state index is 12.0. The Morgan fingerprint density at radius 2 is 1.97 bits per heavy atom. The molecular formula is C25H32N4OS. The Labute approximate surface area is 189 Å². The summed E-state index contributed by atoms with van der Waals surface area (Å²) in [6.45, 7) is 5.75. The van der Waals surface area contributed by atoms with Crippen molar-refractivity contribution in [3.05, 3.63) is 60.2 Å². The summed E-state index contributed by atoms with van der Waals surface area (Å²) in [6, 6.07) is 19.2. The topological polar surface area (TPSA) is 47.9 Å². The number of hydrogen-bond acceptors (Lipinski definition) is 3. The van der Waals surface area contributed by atoms with Crippen LogP contribution in [0.15, 0.2) is 64.5 Å². The molecule has 2 aliphatic rings. The summed E-state index contributed by atoms with van der Waals surface area (Å²) in [6.07, 6.45) is 2.71. The molecule has 0 bridgehead atoms. The monoisotopic (exact) mass is 436 g/mol. The second-order valence-corrected chi connectivity index (χ2v) is 9.82. The lowest BCUT2D eigenvalue weighted by atomic mass is 9.98. The second kappa shape index (κ2) is 10.2. The summed E-state index contributed by atoms with van der Waals surface area (Å²) in [5.41, 5.74) is 2.60. The van der Waals surface area contributed by atoms with Crippen molar-refractivity contribution in [1.82, 2.24) is 10.2 Å². The number of para-hydroxylation sites is 1. The summed E-state index contributed by atoms with van der Waals surface area (Å²) < 4.78 is 0. The highest BCUT2D eigenvalue weighted by Gasteiger charge is 2.32. The van der Waals surface area contributed by atoms with Gasteiger partial charge in [0.05, 0.1) is 0 Å². The number of benzene rings is 2. The average Bonchev–Trinajstić information content (AvgIpc) is 3.37. The van der Waals surface area contributed by atoms with Crippen molar-refractivity contribution < 1.29 is 4.79 Å². The maximum absolute atomic E-state index is 12.0. The number of rotatable bonds is 7. The molecule has 6 heteroatoms. The number of thioether (sulfide) groups is 1. The third-order valence-corrected chi connectivity index (χ3v) is 7.20. The third kappa shape index (κ3) is 5.24. The highest BCUT2D eigenvalue weighted by Crippen LogP contribution is 2.38. The number of anilines is 1. The fourth-order valence-corrected chi connectivity index (χ4v) is 5.44. The number of likely N-dealkylation sites (tertiary alicyclic amines) is 1. The number of aliphatic imine (C=N–C) groups is 1. The molecule has 1 N–H and O–H groups in total. The number of guanidine groups is 1. The molecule has 2 heterocycles. The molecule has 1 fully saturated rings. The van der Waals surface area contributed by atoms with Crippen molar-refractivity contribution in [3.8, 4) is 0 Å². The van der Waals surface area contributed by atoms with E-state index in [-0.39, 0.29) is 0 Å². The smallest absolute Gasteiger partial charge is 0.222 e. The lowest BCUT2D eigenvalue weighted by Crippen LogP contribution is -2.43. The SMILES string of the molecule is CN=C(NCC(C)Sc1ccccc1)N1CC(CCN2CCCC2=O)c2ccccc21. The number of amides is 1. The quantitative estimate of drug-likeness (QED) is 0.398. The summed E-state index contributed by atoms with van der Waals surface area (Å²) in [5, 5.41) is 4.01. The Morgan fingerprint density at radius 1 is 1.19 bits per heavy atom. The van der Waals surface area contributed by atoms with Gasteiger partial charge in [-0.3, -0.25) is 9.79 Å². The summed E-state index contributed by atoms with van der Waals surface area (Å²) in [5.74, 6) is 1.65. The molecule has 0 spiro atoms. The van der Waals surface area contributed by atoms with Gasteiger partial charge in [0.1, 0.15) is 0 Å². The van der Waals surface area contributed by atoms with Crippen molar-refractivity contribution >= 4 is 29.3 Å². The van der Waals surface area contributed by atoms with E-state index >= 15 is 0 Å². The molecule has 1 amide bonds. The number of carbonyl (C=O) groups excluding carboxylic acids is 1. The number of carbonyl (C=O) groups is 1. The summed E-state index contributed by atoms with van der Waals surface area (Å²) in [7, 11) is 1.86. The van der Waals surface area contributed by atoms with Gasteiger partial charge in [0.2, 0.25) is 5.91 Å². The van der Waals surface area contributed by atoms with Gasteiger partial charge in [0, 0.05) is 61.4 Å². The molecule has 1 saturated heterocycles. The molecule has 0 radical (unpaired) electrons. The first-order chi connectivity index (χ1) is 15.2. The summed E-state index contributed by atoms with van der Waals surface area (Å²) in [4.78, 5) is 22.2. The number of hydrogen-bond donors (Lipinski definition) is 1. The Morgan fingerprint density at radius 3 is 2.71 bits per heavy atom. The van der Waals surface area contributed by atoms with Crippen LogP contribution in [0.4, 0.5) is 5.69 Å². The molecular weight excluding hydrogens is 404 g/mol. The zero-order valence-corrected chi connectivity index (χ0v) is 19.3. The molecule has 2 atom stereocenters. The molecule has 2 aromatic rings. The second-order valence-electron chi connectivity index (χ2n) is 8.31. The van der Waals surface area contributed by atoms with E-state index < -0.39 is 0 Å². The van der Waals surface area contributed by atoms with E-state index in [1.165, 1.54) is 16.1 Å². The highest BCUT2D eigenvalue weighted by molar-refractivity contribution is 8.00. The van der Waals surface area contributed by atoms with E-state index in [1.807, 2.05) is 23.7 Å². The van der Waals surface area contributed by atoms with Crippen LogP contribution in [0.25, 0.3) is 0 Å². The van der Waals surface area contributed by atoms with Gasteiger partial charge >= 0.3 is 0 Å². The lowest BCUT2D eigenvalue weighted by Gasteiger charge is -2.24. The molecule has 2 unspecified atom stereocenters. The largest absolute Gasteiger partial charge is 0.355 e. The fourth-order valence-electron chi connectivity index (χ4n) is 4.50. The normalized spacial score (nSPS) is 19.6. The van der Waals surface area contributed by atoms with Crippen molar-refractivity contribution in [2.45, 2.75) is 42.2 Å². The molecule has 2 aliphatic heterocycles. The zero-order valence-electron chi connectivity index (χ0n) is 18.5. The predicted molar refractivity (Wildman–Crippen MR) is 130 cm³/mol. The molecule has 31 heavy (non-hydrogen) atoms. The van der Waals surface area contributed by atoms with Crippen LogP contribution in [0.5, 0.6) is 0 Å². The van der Waals surface area contributed by atoms with Crippen molar-refractivity contribution in [1.29, 1.82) is 0 Å². The Kier molecular flexibility index (Phi) is 7.17. The van der Waals surface area contributed by atoms with Gasteiger partial charge in [-0.15, -0.1) is 11.8 Å². The van der Waals surface area contributed by atoms with Gasteiger partial charge in [0.15, 0.2) is 5.96 Å². The first-order valence-electron chi connectivity index (χ1n) is 11.2. The Balaban J connectivity index is 1.38. The molecule has 4 rings (SSSR count). The Bertz CT molecular complexity index is 917. The third-order valence-electron chi connectivity index (χ3n) is 6.08. The molecule has 0 aromatic heterocycles. The fraction of sp³-hybridized carbons (Fsp3) is 0.440. The zero-order chi connectivity index (χ0) is 21.6. The predicted octanol–water partition coefficient (Wildman–Crippen LogP) is 4.36. The van der Waals surface area contributed by atoms with Gasteiger partial charge in [0.25, 0.3) is 0 Å². The van der Waals surface area contributed by atoms with Crippen LogP contribution in [-0.4, -0.2) is 55.2 Å². The van der Waals surface area contributed by atoms with Crippen LogP contribution in [0.1, 0.15) is 37.7 Å². The number of fused-ring (bicyclic) bond motifs is 1. The van der Waals surface area contributed by atoms with Crippen LogP contribution >= 0.6 is 11.8 Å². The van der Waals surface area contributed by atoms with Crippen LogP contribution in [-0.2, 0) is 4.79 Å². The molecule has 2 aromatic carbocycles. The summed E-state index contributed by atoms with van der Waals surface area (Å²) >= 11 is 1.87. The average molecular weight is 437 g/mol. The van der Waals surface area contributed by atoms with Gasteiger partial charge in [-0.2, -0.15) is 0 Å². The molecule has 0 aliphatic carbocycles. The minimum atomic E-state index is 0.311. The standard InChI is InChI=1S/C25H32N4OS/c1-19(31-21-9-4-3-5-10-21)17-27-25(26-2)29-18-20(22-11-6-7-12-23(22)29)14-16-28-15-8-13-24(28)30/h3-7,9-12,19-20H,8,13-18H2,1-2H3,(H,26,27). The van der Waals surface area contributed by atoms with E-state index in [9.17, 15) is 4.79 Å². The minimum Gasteiger partial charge on any atom is -0.355 e. The van der Waals surface area contributed by atoms with Crippen molar-refractivity contribution in [2.75, 3.05) is 38.1 Å². The highest BCUT2D eigenvalue weighted by atomic mass is 32.2. The van der Waals surface area contributed by atoms with E-state index in [0.717, 1.165) is 45.0 Å². The van der Waals surface area contributed by atoms with E-state index in [0.29, 0.717) is 23.5 Å². The van der Waals surface area contributed by atoms with Gasteiger partial charge in [-0.05, 0) is 36.6 Å². The van der Waals surface area contributed by atoms with E-state index in [4.69, 9.17) is 0 Å². The molecule has 0 saturated carbocycles. The van der Waals surface area contributed by atoms with Crippen LogP contribution in [0.2, 0.25) is 0 Å². The Hall–Kier alpha value is -2.47. The van der Waals surface area contributed by atoms with Crippen LogP contribution < -0.4 is 10.2 Å². The van der Waals surface area contributed by atoms with Crippen LogP contribution in [0.3, 0.4) is 0 Å². The number of nitrogens with zero attached hydrogens (tertiary/aromatic N) is 3. The minimum absolute atomic E-state index is 0.311. The maximum Gasteiger partial charge on any atom is 0.222 e. The van der Waals surface area contributed by atoms with Crippen molar-refractivity contribution in [3.63, 3.8) is 0 Å². The van der Waals surface area contributed by atoms with Crippen LogP contribution in [0, 0.1) is 0 Å². The lowest BCUT2D eigenvalue weighted by molar-refractivity contribution is -0.127. The van der Waals surface area contributed by atoms with E-state index in [1.54, 1.807) is 0 Å². The van der Waals surface area contributed by atoms with E-state index in [2.05, 4.69) is 76.7 Å². The van der Waals surface area contributed by atoms with Gasteiger partial charge in [-0.1, -0.05) is 43.3 Å². The van der Waals surface area contributed by atoms with Gasteiger partial charge < -0.3 is 15.1 Å². The first kappa shape index (κ1) is 21.8. The first-order valence-corrected chi connectivity index (χ1v) is 12.1. The van der Waals surface area contributed by atoms with Gasteiger partial charge in [-0.25, -0.2) is 0 Å². The number of nitrogens with one attached hydrogen (secondary N) is 1.